The number of nitrogens with zero attached hydrogens (tertiary/aromatic N) is 2. The fourth-order valence-corrected chi connectivity index (χ4v) is 2.93. The van der Waals surface area contributed by atoms with Crippen molar-refractivity contribution in [2.24, 2.45) is 7.05 Å². The van der Waals surface area contributed by atoms with Crippen LogP contribution in [0.5, 0.6) is 0 Å². The number of fused-ring (bicyclic) bond motifs is 1. The molecular formula is C15H21N3O. The summed E-state index contributed by atoms with van der Waals surface area (Å²) in [6.45, 7) is 0.715. The normalized spacial score (nSPS) is 23.9. The van der Waals surface area contributed by atoms with Gasteiger partial charge in [-0.25, -0.2) is 4.98 Å². The predicted molar refractivity (Wildman–Crippen MR) is 75.8 cm³/mol. The Bertz CT molecular complexity index is 564. The van der Waals surface area contributed by atoms with Gasteiger partial charge in [0.25, 0.3) is 0 Å². The molecule has 4 heteroatoms. The highest BCUT2D eigenvalue weighted by Gasteiger charge is 2.22. The Morgan fingerprint density at radius 1 is 1.32 bits per heavy atom. The molecule has 0 saturated heterocycles. The zero-order valence-electron chi connectivity index (χ0n) is 11.3. The van der Waals surface area contributed by atoms with Gasteiger partial charge >= 0.3 is 0 Å². The summed E-state index contributed by atoms with van der Waals surface area (Å²) in [5.41, 5.74) is 2.19. The number of aliphatic hydroxyl groups excluding tert-OH is 1. The van der Waals surface area contributed by atoms with Crippen LogP contribution in [0.25, 0.3) is 11.0 Å². The molecule has 1 aliphatic rings. The fourth-order valence-electron chi connectivity index (χ4n) is 2.93. The van der Waals surface area contributed by atoms with Gasteiger partial charge in [0.15, 0.2) is 0 Å². The first kappa shape index (κ1) is 12.6. The monoisotopic (exact) mass is 259 g/mol. The van der Waals surface area contributed by atoms with E-state index in [-0.39, 0.29) is 12.1 Å². The number of imidazole rings is 1. The minimum absolute atomic E-state index is 0.205. The van der Waals surface area contributed by atoms with Crippen molar-refractivity contribution in [2.45, 2.75) is 44.4 Å². The van der Waals surface area contributed by atoms with Gasteiger partial charge in [0.2, 0.25) is 0 Å². The van der Waals surface area contributed by atoms with E-state index in [1.165, 1.54) is 6.42 Å². The van der Waals surface area contributed by atoms with Crippen molar-refractivity contribution in [1.29, 1.82) is 0 Å². The molecule has 2 unspecified atom stereocenters. The molecule has 4 nitrogen and oxygen atoms in total. The molecule has 0 amide bonds. The summed E-state index contributed by atoms with van der Waals surface area (Å²) < 4.78 is 2.12. The van der Waals surface area contributed by atoms with E-state index in [4.69, 9.17) is 0 Å². The van der Waals surface area contributed by atoms with Crippen LogP contribution in [0.4, 0.5) is 0 Å². The zero-order chi connectivity index (χ0) is 13.2. The lowest BCUT2D eigenvalue weighted by molar-refractivity contribution is 0.0898. The third-order valence-electron chi connectivity index (χ3n) is 4.13. The summed E-state index contributed by atoms with van der Waals surface area (Å²) in [5.74, 6) is 1.03. The second kappa shape index (κ2) is 5.31. The molecule has 102 valence electrons. The van der Waals surface area contributed by atoms with E-state index >= 15 is 0 Å². The van der Waals surface area contributed by atoms with Crippen LogP contribution in [0.2, 0.25) is 0 Å². The second-order valence-corrected chi connectivity index (χ2v) is 5.41. The maximum absolute atomic E-state index is 9.97. The number of aryl methyl sites for hydroxylation is 1. The predicted octanol–water partition coefficient (Wildman–Crippen LogP) is 1.97. The average molecular weight is 259 g/mol. The number of benzene rings is 1. The lowest BCUT2D eigenvalue weighted by atomic mass is 9.93. The van der Waals surface area contributed by atoms with Gasteiger partial charge in [-0.05, 0) is 25.0 Å². The van der Waals surface area contributed by atoms with Crippen molar-refractivity contribution >= 4 is 11.0 Å². The Labute approximate surface area is 113 Å². The van der Waals surface area contributed by atoms with E-state index in [2.05, 4.69) is 20.9 Å². The molecule has 0 spiro atoms. The third-order valence-corrected chi connectivity index (χ3v) is 4.13. The second-order valence-electron chi connectivity index (χ2n) is 5.41. The lowest BCUT2D eigenvalue weighted by Crippen LogP contribution is -2.41. The van der Waals surface area contributed by atoms with Gasteiger partial charge in [-0.15, -0.1) is 0 Å². The maximum atomic E-state index is 9.97. The molecule has 1 fully saturated rings. The molecule has 3 rings (SSSR count). The molecule has 1 aromatic carbocycles. The summed E-state index contributed by atoms with van der Waals surface area (Å²) in [7, 11) is 2.05. The van der Waals surface area contributed by atoms with Gasteiger partial charge in [0.05, 0.1) is 23.7 Å². The van der Waals surface area contributed by atoms with E-state index in [9.17, 15) is 5.11 Å². The van der Waals surface area contributed by atoms with Crippen molar-refractivity contribution in [3.05, 3.63) is 30.1 Å². The van der Waals surface area contributed by atoms with Crippen LogP contribution in [-0.4, -0.2) is 26.8 Å². The molecule has 0 radical (unpaired) electrons. The van der Waals surface area contributed by atoms with Gasteiger partial charge in [0.1, 0.15) is 5.82 Å². The average Bonchev–Trinajstić information content (AvgIpc) is 2.75. The summed E-state index contributed by atoms with van der Waals surface area (Å²) in [4.78, 5) is 4.64. The zero-order valence-corrected chi connectivity index (χ0v) is 11.3. The highest BCUT2D eigenvalue weighted by molar-refractivity contribution is 5.75. The van der Waals surface area contributed by atoms with E-state index in [0.717, 1.165) is 36.1 Å². The number of para-hydroxylation sites is 2. The minimum Gasteiger partial charge on any atom is -0.392 e. The molecule has 2 atom stereocenters. The standard InChI is InChI=1S/C15H21N3O/c1-18-13-8-4-2-6-11(13)17-15(18)10-16-12-7-3-5-9-14(12)19/h2,4,6,8,12,14,16,19H,3,5,7,9-10H2,1H3. The lowest BCUT2D eigenvalue weighted by Gasteiger charge is -2.28. The van der Waals surface area contributed by atoms with E-state index in [1.807, 2.05) is 25.2 Å². The van der Waals surface area contributed by atoms with Crippen molar-refractivity contribution < 1.29 is 5.11 Å². The van der Waals surface area contributed by atoms with Crippen LogP contribution in [0.3, 0.4) is 0 Å². The Morgan fingerprint density at radius 3 is 2.89 bits per heavy atom. The Balaban J connectivity index is 1.73. The summed E-state index contributed by atoms with van der Waals surface area (Å²) in [6.07, 6.45) is 4.12. The first-order chi connectivity index (χ1) is 9.25. The Kier molecular flexibility index (Phi) is 3.53. The Hall–Kier alpha value is -1.39. The van der Waals surface area contributed by atoms with Gasteiger partial charge in [0, 0.05) is 13.1 Å². The number of aliphatic hydroxyl groups is 1. The summed E-state index contributed by atoms with van der Waals surface area (Å²) in [5, 5.41) is 13.4. The molecule has 1 saturated carbocycles. The minimum atomic E-state index is -0.205. The third kappa shape index (κ3) is 2.51. The van der Waals surface area contributed by atoms with Crippen LogP contribution in [0.15, 0.2) is 24.3 Å². The van der Waals surface area contributed by atoms with Gasteiger partial charge in [-0.3, -0.25) is 0 Å². The fraction of sp³-hybridized carbons (Fsp3) is 0.533. The van der Waals surface area contributed by atoms with Crippen LogP contribution < -0.4 is 5.32 Å². The number of nitrogens with one attached hydrogen (secondary N) is 1. The molecule has 2 N–H and O–H groups in total. The smallest absolute Gasteiger partial charge is 0.123 e. The topological polar surface area (TPSA) is 50.1 Å². The SMILES string of the molecule is Cn1c(CNC2CCCCC2O)nc2ccccc21. The van der Waals surface area contributed by atoms with Gasteiger partial charge in [-0.2, -0.15) is 0 Å². The molecule has 19 heavy (non-hydrogen) atoms. The quantitative estimate of drug-likeness (QED) is 0.886. The van der Waals surface area contributed by atoms with Crippen LogP contribution >= 0.6 is 0 Å². The summed E-state index contributed by atoms with van der Waals surface area (Å²) >= 11 is 0. The van der Waals surface area contributed by atoms with Crippen molar-refractivity contribution in [1.82, 2.24) is 14.9 Å². The molecule has 0 bridgehead atoms. The first-order valence-electron chi connectivity index (χ1n) is 7.07. The molecular weight excluding hydrogens is 238 g/mol. The van der Waals surface area contributed by atoms with Gasteiger partial charge < -0.3 is 15.0 Å². The number of hydrogen-bond acceptors (Lipinski definition) is 3. The molecule has 1 heterocycles. The van der Waals surface area contributed by atoms with E-state index in [1.54, 1.807) is 0 Å². The maximum Gasteiger partial charge on any atom is 0.123 e. The van der Waals surface area contributed by atoms with Gasteiger partial charge in [-0.1, -0.05) is 25.0 Å². The van der Waals surface area contributed by atoms with Crippen molar-refractivity contribution in [2.75, 3.05) is 0 Å². The molecule has 1 aromatic heterocycles. The van der Waals surface area contributed by atoms with Crippen LogP contribution in [0.1, 0.15) is 31.5 Å². The van der Waals surface area contributed by atoms with Crippen molar-refractivity contribution in [3.8, 4) is 0 Å². The van der Waals surface area contributed by atoms with Crippen LogP contribution in [0, 0.1) is 0 Å². The van der Waals surface area contributed by atoms with Crippen LogP contribution in [-0.2, 0) is 13.6 Å². The highest BCUT2D eigenvalue weighted by atomic mass is 16.3. The van der Waals surface area contributed by atoms with E-state index in [0.29, 0.717) is 6.54 Å². The molecule has 1 aliphatic carbocycles. The molecule has 0 aliphatic heterocycles. The number of hydrogen-bond donors (Lipinski definition) is 2. The first-order valence-corrected chi connectivity index (χ1v) is 7.07. The molecule has 2 aromatic rings. The number of aromatic nitrogens is 2. The largest absolute Gasteiger partial charge is 0.392 e. The number of rotatable bonds is 3. The van der Waals surface area contributed by atoms with Crippen molar-refractivity contribution in [3.63, 3.8) is 0 Å². The Morgan fingerprint density at radius 2 is 2.11 bits per heavy atom. The highest BCUT2D eigenvalue weighted by Crippen LogP contribution is 2.19. The van der Waals surface area contributed by atoms with E-state index < -0.39 is 0 Å². The summed E-state index contributed by atoms with van der Waals surface area (Å²) in [6, 6.07) is 8.38.